The molecule has 0 atom stereocenters. The lowest BCUT2D eigenvalue weighted by Gasteiger charge is -2.09. The molecule has 7 heteroatoms. The van der Waals surface area contributed by atoms with E-state index in [4.69, 9.17) is 0 Å². The number of rotatable bonds is 5. The summed E-state index contributed by atoms with van der Waals surface area (Å²) in [5, 5.41) is 2.99. The largest absolute Gasteiger partial charge is 0.316 e. The molecule has 0 aliphatic rings. The molecule has 1 heterocycles. The smallest absolute Gasteiger partial charge is 0.263 e. The van der Waals surface area contributed by atoms with Gasteiger partial charge in [0.1, 0.15) is 5.82 Å². The van der Waals surface area contributed by atoms with Gasteiger partial charge in [-0.15, -0.1) is 0 Å². The molecule has 0 fully saturated rings. The number of sulfonamides is 1. The maximum absolute atomic E-state index is 12.4. The Labute approximate surface area is 133 Å². The molecule has 0 unspecified atom stereocenters. The highest BCUT2D eigenvalue weighted by atomic mass is 79.9. The van der Waals surface area contributed by atoms with Crippen molar-refractivity contribution in [3.8, 4) is 0 Å². The first kappa shape index (κ1) is 15.9. The van der Waals surface area contributed by atoms with Gasteiger partial charge in [0.2, 0.25) is 0 Å². The Kier molecular flexibility index (Phi) is 4.97. The number of halogens is 1. The van der Waals surface area contributed by atoms with Gasteiger partial charge in [0.25, 0.3) is 10.0 Å². The molecule has 112 valence electrons. The molecular weight excluding hydrogens is 354 g/mol. The molecule has 0 aliphatic carbocycles. The number of aromatic nitrogens is 1. The molecule has 0 spiro atoms. The van der Waals surface area contributed by atoms with Gasteiger partial charge in [0, 0.05) is 11.0 Å². The lowest BCUT2D eigenvalue weighted by molar-refractivity contribution is 0.600. The lowest BCUT2D eigenvalue weighted by Crippen LogP contribution is -2.15. The third-order valence-electron chi connectivity index (χ3n) is 2.85. The summed E-state index contributed by atoms with van der Waals surface area (Å²) in [5.74, 6) is 0.301. The maximum Gasteiger partial charge on any atom is 0.263 e. The van der Waals surface area contributed by atoms with Gasteiger partial charge in [0.15, 0.2) is 0 Å². The van der Waals surface area contributed by atoms with Crippen molar-refractivity contribution in [2.75, 3.05) is 11.8 Å². The Morgan fingerprint density at radius 3 is 2.67 bits per heavy atom. The summed E-state index contributed by atoms with van der Waals surface area (Å²) >= 11 is 3.33. The molecule has 0 bridgehead atoms. The lowest BCUT2D eigenvalue weighted by atomic mass is 10.2. The van der Waals surface area contributed by atoms with Crippen molar-refractivity contribution >= 4 is 31.8 Å². The highest BCUT2D eigenvalue weighted by Crippen LogP contribution is 2.19. The van der Waals surface area contributed by atoms with Crippen molar-refractivity contribution in [3.05, 3.63) is 52.1 Å². The zero-order chi connectivity index (χ0) is 15.5. The summed E-state index contributed by atoms with van der Waals surface area (Å²) in [6.07, 6.45) is 0. The zero-order valence-corrected chi connectivity index (χ0v) is 14.1. The Bertz CT molecular complexity index is 748. The summed E-state index contributed by atoms with van der Waals surface area (Å²) in [4.78, 5) is 4.41. The summed E-state index contributed by atoms with van der Waals surface area (Å²) in [5.41, 5.74) is 1.62. The first-order valence-electron chi connectivity index (χ1n) is 6.32. The van der Waals surface area contributed by atoms with Gasteiger partial charge in [-0.25, -0.2) is 13.4 Å². The quantitative estimate of drug-likeness (QED) is 0.849. The molecule has 5 nitrogen and oxygen atoms in total. The average molecular weight is 370 g/mol. The molecule has 0 radical (unpaired) electrons. The van der Waals surface area contributed by atoms with E-state index < -0.39 is 10.0 Å². The third-order valence-corrected chi connectivity index (χ3v) is 5.04. The second-order valence-electron chi connectivity index (χ2n) is 4.55. The predicted molar refractivity (Wildman–Crippen MR) is 86.7 cm³/mol. The Morgan fingerprint density at radius 2 is 2.00 bits per heavy atom. The van der Waals surface area contributed by atoms with E-state index in [2.05, 4.69) is 31.0 Å². The summed E-state index contributed by atoms with van der Waals surface area (Å²) in [7, 11) is -1.83. The number of nitrogens with zero attached hydrogens (tertiary/aromatic N) is 1. The van der Waals surface area contributed by atoms with E-state index in [1.54, 1.807) is 37.3 Å². The van der Waals surface area contributed by atoms with E-state index >= 15 is 0 Å². The molecular formula is C14H16BrN3O2S. The van der Waals surface area contributed by atoms with Crippen LogP contribution in [0.3, 0.4) is 0 Å². The van der Waals surface area contributed by atoms with Crippen molar-refractivity contribution in [3.63, 3.8) is 0 Å². The van der Waals surface area contributed by atoms with Crippen LogP contribution in [0.15, 0.2) is 45.8 Å². The van der Waals surface area contributed by atoms with E-state index in [-0.39, 0.29) is 4.90 Å². The third kappa shape index (κ3) is 4.03. The monoisotopic (exact) mass is 369 g/mol. The molecule has 0 saturated carbocycles. The highest BCUT2D eigenvalue weighted by molar-refractivity contribution is 9.10. The minimum absolute atomic E-state index is 0.220. The fourth-order valence-electron chi connectivity index (χ4n) is 1.82. The highest BCUT2D eigenvalue weighted by Gasteiger charge is 2.15. The predicted octanol–water partition coefficient (Wildman–Crippen LogP) is 2.67. The van der Waals surface area contributed by atoms with E-state index in [0.29, 0.717) is 12.4 Å². The number of benzene rings is 1. The molecule has 0 aliphatic heterocycles. The molecule has 21 heavy (non-hydrogen) atoms. The van der Waals surface area contributed by atoms with Crippen LogP contribution in [0.5, 0.6) is 0 Å². The Hall–Kier alpha value is -1.44. The average Bonchev–Trinajstić information content (AvgIpc) is 2.43. The van der Waals surface area contributed by atoms with E-state index in [1.807, 2.05) is 13.1 Å². The number of hydrogen-bond donors (Lipinski definition) is 2. The molecule has 0 amide bonds. The fraction of sp³-hybridized carbons (Fsp3) is 0.214. The van der Waals surface area contributed by atoms with Crippen molar-refractivity contribution in [1.82, 2.24) is 10.3 Å². The molecule has 2 rings (SSSR count). The first-order chi connectivity index (χ1) is 9.92. The van der Waals surface area contributed by atoms with E-state index in [0.717, 1.165) is 15.7 Å². The Balaban J connectivity index is 2.29. The minimum Gasteiger partial charge on any atom is -0.316 e. The number of hydrogen-bond acceptors (Lipinski definition) is 4. The van der Waals surface area contributed by atoms with E-state index in [1.165, 1.54) is 0 Å². The SMILES string of the molecule is CNCc1cccc(S(=O)(=O)Nc2ccc(Br)c(C)n2)c1. The van der Waals surface area contributed by atoms with Crippen LogP contribution in [0.2, 0.25) is 0 Å². The van der Waals surface area contributed by atoms with Crippen molar-refractivity contribution in [2.24, 2.45) is 0 Å². The van der Waals surface area contributed by atoms with Gasteiger partial charge in [0.05, 0.1) is 10.6 Å². The van der Waals surface area contributed by atoms with Gasteiger partial charge in [-0.3, -0.25) is 4.72 Å². The molecule has 0 saturated heterocycles. The number of aryl methyl sites for hydroxylation is 1. The van der Waals surface area contributed by atoms with Crippen LogP contribution in [0.1, 0.15) is 11.3 Å². The topological polar surface area (TPSA) is 71.1 Å². The van der Waals surface area contributed by atoms with Crippen LogP contribution in [0.25, 0.3) is 0 Å². The molecule has 1 aromatic heterocycles. The van der Waals surface area contributed by atoms with Crippen LogP contribution in [-0.4, -0.2) is 20.4 Å². The van der Waals surface area contributed by atoms with Gasteiger partial charge in [-0.05, 0) is 59.7 Å². The second-order valence-corrected chi connectivity index (χ2v) is 7.08. The number of anilines is 1. The number of pyridine rings is 1. The first-order valence-corrected chi connectivity index (χ1v) is 8.59. The van der Waals surface area contributed by atoms with Crippen LogP contribution in [0, 0.1) is 6.92 Å². The van der Waals surface area contributed by atoms with Crippen molar-refractivity contribution in [2.45, 2.75) is 18.4 Å². The van der Waals surface area contributed by atoms with Crippen LogP contribution in [0.4, 0.5) is 5.82 Å². The van der Waals surface area contributed by atoms with Crippen LogP contribution in [-0.2, 0) is 16.6 Å². The standard InChI is InChI=1S/C14H16BrN3O2S/c1-10-13(15)6-7-14(17-10)18-21(19,20)12-5-3-4-11(8-12)9-16-2/h3-8,16H,9H2,1-2H3,(H,17,18). The summed E-state index contributed by atoms with van der Waals surface area (Å²) in [6.45, 7) is 2.41. The normalized spacial score (nSPS) is 11.4. The fourth-order valence-corrected chi connectivity index (χ4v) is 3.12. The molecule has 1 aromatic carbocycles. The van der Waals surface area contributed by atoms with Gasteiger partial charge >= 0.3 is 0 Å². The minimum atomic E-state index is -3.64. The summed E-state index contributed by atoms with van der Waals surface area (Å²) in [6, 6.07) is 10.2. The zero-order valence-electron chi connectivity index (χ0n) is 11.7. The van der Waals surface area contributed by atoms with Gasteiger partial charge < -0.3 is 5.32 Å². The summed E-state index contributed by atoms with van der Waals surface area (Å²) < 4.78 is 28.1. The van der Waals surface area contributed by atoms with Crippen molar-refractivity contribution < 1.29 is 8.42 Å². The Morgan fingerprint density at radius 1 is 1.24 bits per heavy atom. The maximum atomic E-state index is 12.4. The van der Waals surface area contributed by atoms with Gasteiger partial charge in [-0.2, -0.15) is 0 Å². The van der Waals surface area contributed by atoms with Gasteiger partial charge in [-0.1, -0.05) is 12.1 Å². The molecule has 2 N–H and O–H groups in total. The number of nitrogens with one attached hydrogen (secondary N) is 2. The second kappa shape index (κ2) is 6.55. The molecule has 2 aromatic rings. The van der Waals surface area contributed by atoms with Crippen molar-refractivity contribution in [1.29, 1.82) is 0 Å². The van der Waals surface area contributed by atoms with Crippen LogP contribution >= 0.6 is 15.9 Å². The van der Waals surface area contributed by atoms with Crippen LogP contribution < -0.4 is 10.0 Å². The van der Waals surface area contributed by atoms with E-state index in [9.17, 15) is 8.42 Å².